The molecule has 0 amide bonds. The third-order valence-corrected chi connectivity index (χ3v) is 3.74. The molecule has 0 aromatic heterocycles. The Morgan fingerprint density at radius 2 is 1.79 bits per heavy atom. The Morgan fingerprint density at radius 3 is 2.42 bits per heavy atom. The molecular formula is C16H25NO2. The van der Waals surface area contributed by atoms with E-state index in [1.54, 1.807) is 14.2 Å². The van der Waals surface area contributed by atoms with Crippen LogP contribution in [0.2, 0.25) is 0 Å². The van der Waals surface area contributed by atoms with Gasteiger partial charge in [-0.3, -0.25) is 0 Å². The maximum Gasteiger partial charge on any atom is 0.161 e. The number of hydrogen-bond donors (Lipinski definition) is 1. The smallest absolute Gasteiger partial charge is 0.161 e. The maximum absolute atomic E-state index is 5.44. The van der Waals surface area contributed by atoms with Gasteiger partial charge in [0.25, 0.3) is 0 Å². The Bertz CT molecular complexity index is 429. The van der Waals surface area contributed by atoms with Gasteiger partial charge in [0, 0.05) is 12.1 Å². The van der Waals surface area contributed by atoms with E-state index in [1.807, 2.05) is 0 Å². The van der Waals surface area contributed by atoms with Gasteiger partial charge in [0.2, 0.25) is 0 Å². The largest absolute Gasteiger partial charge is 0.493 e. The summed E-state index contributed by atoms with van der Waals surface area (Å²) < 4.78 is 10.9. The van der Waals surface area contributed by atoms with Crippen molar-refractivity contribution in [3.63, 3.8) is 0 Å². The molecule has 1 aromatic rings. The highest BCUT2D eigenvalue weighted by molar-refractivity contribution is 5.49. The van der Waals surface area contributed by atoms with Crippen LogP contribution < -0.4 is 14.8 Å². The van der Waals surface area contributed by atoms with Gasteiger partial charge in [0.1, 0.15) is 0 Å². The molecule has 3 nitrogen and oxygen atoms in total. The summed E-state index contributed by atoms with van der Waals surface area (Å²) in [4.78, 5) is 0. The molecule has 0 radical (unpaired) electrons. The summed E-state index contributed by atoms with van der Waals surface area (Å²) in [6, 6.07) is 5.22. The first-order chi connectivity index (χ1) is 9.15. The molecule has 0 unspecified atom stereocenters. The Labute approximate surface area is 116 Å². The van der Waals surface area contributed by atoms with Crippen molar-refractivity contribution in [2.24, 2.45) is 0 Å². The lowest BCUT2D eigenvalue weighted by atomic mass is 9.97. The molecule has 1 aliphatic rings. The van der Waals surface area contributed by atoms with E-state index in [1.165, 1.54) is 30.4 Å². The van der Waals surface area contributed by atoms with E-state index in [-0.39, 0.29) is 0 Å². The summed E-state index contributed by atoms with van der Waals surface area (Å²) in [6.45, 7) is 4.40. The number of methoxy groups -OCH3 is 2. The van der Waals surface area contributed by atoms with Crippen LogP contribution in [0.15, 0.2) is 12.1 Å². The number of ether oxygens (including phenoxy) is 2. The fourth-order valence-electron chi connectivity index (χ4n) is 2.87. The Kier molecular flexibility index (Phi) is 4.70. The van der Waals surface area contributed by atoms with E-state index in [0.29, 0.717) is 12.1 Å². The van der Waals surface area contributed by atoms with Crippen molar-refractivity contribution in [3.8, 4) is 11.5 Å². The van der Waals surface area contributed by atoms with Crippen molar-refractivity contribution < 1.29 is 9.47 Å². The molecule has 1 atom stereocenters. The van der Waals surface area contributed by atoms with Crippen molar-refractivity contribution in [1.29, 1.82) is 0 Å². The molecule has 0 heterocycles. The molecule has 0 spiro atoms. The van der Waals surface area contributed by atoms with Gasteiger partial charge in [0.15, 0.2) is 11.5 Å². The highest BCUT2D eigenvalue weighted by atomic mass is 16.5. The lowest BCUT2D eigenvalue weighted by Gasteiger charge is -2.23. The molecule has 0 aliphatic heterocycles. The first kappa shape index (κ1) is 14.2. The fraction of sp³-hybridized carbons (Fsp3) is 0.625. The summed E-state index contributed by atoms with van der Waals surface area (Å²) in [7, 11) is 3.40. The van der Waals surface area contributed by atoms with Crippen LogP contribution in [0.5, 0.6) is 11.5 Å². The number of benzene rings is 1. The van der Waals surface area contributed by atoms with Crippen molar-refractivity contribution in [2.75, 3.05) is 14.2 Å². The minimum Gasteiger partial charge on any atom is -0.493 e. The van der Waals surface area contributed by atoms with E-state index in [2.05, 4.69) is 31.3 Å². The van der Waals surface area contributed by atoms with Crippen LogP contribution in [-0.4, -0.2) is 20.3 Å². The summed E-state index contributed by atoms with van der Waals surface area (Å²) in [5.74, 6) is 1.67. The molecule has 0 fully saturated rings. The van der Waals surface area contributed by atoms with Gasteiger partial charge in [-0.05, 0) is 42.5 Å². The number of fused-ring (bicyclic) bond motifs is 1. The third kappa shape index (κ3) is 3.21. The predicted molar refractivity (Wildman–Crippen MR) is 78.1 cm³/mol. The van der Waals surface area contributed by atoms with Crippen molar-refractivity contribution in [3.05, 3.63) is 23.3 Å². The minimum absolute atomic E-state index is 0.428. The van der Waals surface area contributed by atoms with Crippen LogP contribution in [-0.2, 0) is 6.42 Å². The van der Waals surface area contributed by atoms with E-state index in [9.17, 15) is 0 Å². The predicted octanol–water partition coefficient (Wildman–Crippen LogP) is 3.47. The summed E-state index contributed by atoms with van der Waals surface area (Å²) in [5, 5.41) is 3.67. The van der Waals surface area contributed by atoms with Crippen molar-refractivity contribution in [2.45, 2.75) is 51.6 Å². The van der Waals surface area contributed by atoms with E-state index >= 15 is 0 Å². The first-order valence-corrected chi connectivity index (χ1v) is 7.16. The topological polar surface area (TPSA) is 30.5 Å². The summed E-state index contributed by atoms with van der Waals surface area (Å²) in [6.07, 6.45) is 4.84. The molecule has 2 rings (SSSR count). The molecule has 19 heavy (non-hydrogen) atoms. The van der Waals surface area contributed by atoms with Crippen LogP contribution in [0.3, 0.4) is 0 Å². The second-order valence-electron chi connectivity index (χ2n) is 5.53. The van der Waals surface area contributed by atoms with Gasteiger partial charge in [-0.25, -0.2) is 0 Å². The molecule has 0 bridgehead atoms. The third-order valence-electron chi connectivity index (χ3n) is 3.74. The number of nitrogens with one attached hydrogen (secondary N) is 1. The lowest BCUT2D eigenvalue weighted by Crippen LogP contribution is -2.28. The van der Waals surface area contributed by atoms with Gasteiger partial charge in [-0.1, -0.05) is 20.3 Å². The highest BCUT2D eigenvalue weighted by Crippen LogP contribution is 2.37. The number of hydrogen-bond acceptors (Lipinski definition) is 3. The molecule has 1 aliphatic carbocycles. The average molecular weight is 263 g/mol. The summed E-state index contributed by atoms with van der Waals surface area (Å²) >= 11 is 0. The van der Waals surface area contributed by atoms with Gasteiger partial charge >= 0.3 is 0 Å². The van der Waals surface area contributed by atoms with Crippen molar-refractivity contribution in [1.82, 2.24) is 5.32 Å². The second kappa shape index (κ2) is 6.29. The zero-order valence-electron chi connectivity index (χ0n) is 12.5. The van der Waals surface area contributed by atoms with Crippen LogP contribution in [0.4, 0.5) is 0 Å². The normalized spacial score (nSPS) is 18.9. The number of aryl methyl sites for hydroxylation is 1. The highest BCUT2D eigenvalue weighted by Gasteiger charge is 2.21. The van der Waals surface area contributed by atoms with Gasteiger partial charge < -0.3 is 14.8 Å². The van der Waals surface area contributed by atoms with Gasteiger partial charge in [-0.2, -0.15) is 0 Å². The van der Waals surface area contributed by atoms with Crippen LogP contribution in [0.1, 0.15) is 50.3 Å². The first-order valence-electron chi connectivity index (χ1n) is 7.16. The summed E-state index contributed by atoms with van der Waals surface area (Å²) in [5.41, 5.74) is 2.78. The molecule has 106 valence electrons. The zero-order valence-corrected chi connectivity index (χ0v) is 12.5. The SMILES string of the molecule is COc1cc2c(cc1OC)[C@@H](NC(C)C)CCCC2. The minimum atomic E-state index is 0.428. The van der Waals surface area contributed by atoms with E-state index < -0.39 is 0 Å². The Hall–Kier alpha value is -1.22. The Morgan fingerprint density at radius 1 is 1.11 bits per heavy atom. The van der Waals surface area contributed by atoms with Gasteiger partial charge in [-0.15, -0.1) is 0 Å². The fourth-order valence-corrected chi connectivity index (χ4v) is 2.87. The van der Waals surface area contributed by atoms with E-state index in [0.717, 1.165) is 17.9 Å². The molecule has 0 saturated carbocycles. The van der Waals surface area contributed by atoms with E-state index in [4.69, 9.17) is 9.47 Å². The molecule has 1 aromatic carbocycles. The molecular weight excluding hydrogens is 238 g/mol. The van der Waals surface area contributed by atoms with Crippen molar-refractivity contribution >= 4 is 0 Å². The standard InChI is InChI=1S/C16H25NO2/c1-11(2)17-14-8-6-5-7-12-9-15(18-3)16(19-4)10-13(12)14/h9-11,14,17H,5-8H2,1-4H3/t14-/m0/s1. The quantitative estimate of drug-likeness (QED) is 0.844. The van der Waals surface area contributed by atoms with Crippen LogP contribution in [0, 0.1) is 0 Å². The maximum atomic E-state index is 5.44. The Balaban J connectivity index is 2.40. The van der Waals surface area contributed by atoms with Gasteiger partial charge in [0.05, 0.1) is 14.2 Å². The second-order valence-corrected chi connectivity index (χ2v) is 5.53. The molecule has 0 saturated heterocycles. The number of rotatable bonds is 4. The average Bonchev–Trinajstić information content (AvgIpc) is 2.59. The molecule has 1 N–H and O–H groups in total. The monoisotopic (exact) mass is 263 g/mol. The lowest BCUT2D eigenvalue weighted by molar-refractivity contribution is 0.353. The molecule has 3 heteroatoms. The van der Waals surface area contributed by atoms with Crippen LogP contribution >= 0.6 is 0 Å². The zero-order chi connectivity index (χ0) is 13.8. The van der Waals surface area contributed by atoms with Crippen LogP contribution in [0.25, 0.3) is 0 Å².